The van der Waals surface area contributed by atoms with Gasteiger partial charge in [-0.1, -0.05) is 19.3 Å². The van der Waals surface area contributed by atoms with E-state index in [1.165, 1.54) is 37.6 Å². The number of nitrogens with one attached hydrogen (secondary N) is 1. The van der Waals surface area contributed by atoms with Crippen molar-refractivity contribution in [1.82, 2.24) is 15.2 Å². The summed E-state index contributed by atoms with van der Waals surface area (Å²) in [6, 6.07) is 3.08. The Hall–Kier alpha value is -2.11. The molecule has 0 radical (unpaired) electrons. The smallest absolute Gasteiger partial charge is 0.335 e. The van der Waals surface area contributed by atoms with Crippen molar-refractivity contribution >= 4 is 12.0 Å². The molecule has 1 aliphatic rings. The van der Waals surface area contributed by atoms with E-state index in [-0.39, 0.29) is 18.1 Å². The summed E-state index contributed by atoms with van der Waals surface area (Å²) in [5.74, 6) is -0.996. The summed E-state index contributed by atoms with van der Waals surface area (Å²) >= 11 is 0. The fraction of sp³-hybridized carbons (Fsp3) is 0.533. The minimum absolute atomic E-state index is 0.135. The quantitative estimate of drug-likeness (QED) is 0.891. The van der Waals surface area contributed by atoms with Crippen LogP contribution in [0.2, 0.25) is 0 Å². The van der Waals surface area contributed by atoms with E-state index in [4.69, 9.17) is 5.11 Å². The van der Waals surface area contributed by atoms with Crippen LogP contribution in [-0.2, 0) is 6.54 Å². The van der Waals surface area contributed by atoms with Gasteiger partial charge in [0.15, 0.2) is 0 Å². The zero-order valence-electron chi connectivity index (χ0n) is 12.2. The molecule has 1 aromatic rings. The molecule has 1 aliphatic carbocycles. The third-order valence-electron chi connectivity index (χ3n) is 3.93. The lowest BCUT2D eigenvalue weighted by Gasteiger charge is -2.31. The van der Waals surface area contributed by atoms with Gasteiger partial charge in [0, 0.05) is 19.3 Å². The Bertz CT molecular complexity index is 513. The van der Waals surface area contributed by atoms with Gasteiger partial charge in [0.1, 0.15) is 0 Å². The van der Waals surface area contributed by atoms with Crippen LogP contribution in [0, 0.1) is 0 Å². The summed E-state index contributed by atoms with van der Waals surface area (Å²) in [4.78, 5) is 28.8. The van der Waals surface area contributed by atoms with Crippen LogP contribution in [0.25, 0.3) is 0 Å². The first-order valence-electron chi connectivity index (χ1n) is 7.27. The summed E-state index contributed by atoms with van der Waals surface area (Å²) in [5.41, 5.74) is 0.718. The van der Waals surface area contributed by atoms with Crippen LogP contribution in [0.3, 0.4) is 0 Å². The fourth-order valence-electron chi connectivity index (χ4n) is 2.63. The Balaban J connectivity index is 1.88. The van der Waals surface area contributed by atoms with Gasteiger partial charge < -0.3 is 15.3 Å². The second-order valence-corrected chi connectivity index (χ2v) is 5.40. The van der Waals surface area contributed by atoms with Gasteiger partial charge >= 0.3 is 12.0 Å². The average Bonchev–Trinajstić information content (AvgIpc) is 2.53. The van der Waals surface area contributed by atoms with Crippen molar-refractivity contribution in [3.8, 4) is 0 Å². The van der Waals surface area contributed by atoms with E-state index < -0.39 is 5.97 Å². The molecule has 1 aromatic heterocycles. The predicted octanol–water partition coefficient (Wildman–Crippen LogP) is 2.25. The van der Waals surface area contributed by atoms with E-state index in [9.17, 15) is 9.59 Å². The average molecular weight is 291 g/mol. The van der Waals surface area contributed by atoms with Gasteiger partial charge in [-0.15, -0.1) is 0 Å². The molecule has 2 amide bonds. The van der Waals surface area contributed by atoms with Crippen LogP contribution < -0.4 is 5.32 Å². The molecule has 21 heavy (non-hydrogen) atoms. The number of aromatic nitrogens is 1. The minimum atomic E-state index is -0.996. The fourth-order valence-corrected chi connectivity index (χ4v) is 2.63. The van der Waals surface area contributed by atoms with Crippen LogP contribution >= 0.6 is 0 Å². The van der Waals surface area contributed by atoms with Crippen molar-refractivity contribution in [2.24, 2.45) is 0 Å². The Kier molecular flexibility index (Phi) is 5.14. The number of carbonyl (C=O) groups excluding carboxylic acids is 1. The highest BCUT2D eigenvalue weighted by atomic mass is 16.4. The second-order valence-electron chi connectivity index (χ2n) is 5.40. The zero-order chi connectivity index (χ0) is 15.2. The van der Waals surface area contributed by atoms with Crippen LogP contribution in [0.5, 0.6) is 0 Å². The van der Waals surface area contributed by atoms with E-state index in [1.807, 2.05) is 7.05 Å². The summed E-state index contributed by atoms with van der Waals surface area (Å²) < 4.78 is 0. The molecule has 1 fully saturated rings. The number of pyridine rings is 1. The van der Waals surface area contributed by atoms with E-state index in [1.54, 1.807) is 4.90 Å². The maximum atomic E-state index is 12.1. The third-order valence-corrected chi connectivity index (χ3v) is 3.93. The number of rotatable bonds is 4. The normalized spacial score (nSPS) is 15.5. The lowest BCUT2D eigenvalue weighted by molar-refractivity contribution is 0.0696. The molecule has 0 spiro atoms. The molecular weight excluding hydrogens is 270 g/mol. The summed E-state index contributed by atoms with van der Waals surface area (Å²) in [7, 11) is 1.81. The molecule has 114 valence electrons. The molecule has 0 bridgehead atoms. The first-order valence-corrected chi connectivity index (χ1v) is 7.27. The first-order chi connectivity index (χ1) is 10.1. The first kappa shape index (κ1) is 15.3. The van der Waals surface area contributed by atoms with Crippen molar-refractivity contribution in [3.05, 3.63) is 29.6 Å². The predicted molar refractivity (Wildman–Crippen MR) is 78.1 cm³/mol. The highest BCUT2D eigenvalue weighted by molar-refractivity contribution is 5.87. The molecule has 0 aromatic carbocycles. The molecule has 6 nitrogen and oxygen atoms in total. The molecule has 0 aliphatic heterocycles. The van der Waals surface area contributed by atoms with Gasteiger partial charge in [0.25, 0.3) is 0 Å². The molecule has 6 heteroatoms. The number of carbonyl (C=O) groups is 2. The van der Waals surface area contributed by atoms with Crippen LogP contribution in [0.15, 0.2) is 18.3 Å². The summed E-state index contributed by atoms with van der Waals surface area (Å²) in [6.07, 6.45) is 7.13. The van der Waals surface area contributed by atoms with E-state index >= 15 is 0 Å². The highest BCUT2D eigenvalue weighted by Crippen LogP contribution is 2.21. The number of urea groups is 1. The van der Waals surface area contributed by atoms with Crippen molar-refractivity contribution in [3.63, 3.8) is 0 Å². The lowest BCUT2D eigenvalue weighted by atomic mass is 9.95. The van der Waals surface area contributed by atoms with E-state index in [2.05, 4.69) is 10.3 Å². The number of aromatic carboxylic acids is 1. The van der Waals surface area contributed by atoms with Crippen molar-refractivity contribution < 1.29 is 14.7 Å². The standard InChI is InChI=1S/C15H21N3O3/c1-18(13-5-3-2-4-6-13)15(21)17-10-12-9-11(14(19)20)7-8-16-12/h7-9,13H,2-6,10H2,1H3,(H,17,21)(H,19,20). The van der Waals surface area contributed by atoms with Gasteiger partial charge in [0.2, 0.25) is 0 Å². The molecule has 0 atom stereocenters. The van der Waals surface area contributed by atoms with Crippen molar-refractivity contribution in [2.75, 3.05) is 7.05 Å². The van der Waals surface area contributed by atoms with Crippen LogP contribution in [0.1, 0.15) is 48.2 Å². The van der Waals surface area contributed by atoms with Gasteiger partial charge in [0.05, 0.1) is 17.8 Å². The highest BCUT2D eigenvalue weighted by Gasteiger charge is 2.21. The topological polar surface area (TPSA) is 82.5 Å². The zero-order valence-corrected chi connectivity index (χ0v) is 12.2. The second kappa shape index (κ2) is 7.06. The monoisotopic (exact) mass is 291 g/mol. The third kappa shape index (κ3) is 4.18. The number of amides is 2. The molecule has 1 heterocycles. The van der Waals surface area contributed by atoms with Gasteiger partial charge in [-0.2, -0.15) is 0 Å². The van der Waals surface area contributed by atoms with Gasteiger partial charge in [-0.3, -0.25) is 4.98 Å². The maximum absolute atomic E-state index is 12.1. The van der Waals surface area contributed by atoms with Gasteiger partial charge in [-0.25, -0.2) is 9.59 Å². The summed E-state index contributed by atoms with van der Waals surface area (Å²) in [6.45, 7) is 0.233. The largest absolute Gasteiger partial charge is 0.478 e. The van der Waals surface area contributed by atoms with Crippen molar-refractivity contribution in [2.45, 2.75) is 44.7 Å². The molecule has 2 N–H and O–H groups in total. The molecular formula is C15H21N3O3. The van der Waals surface area contributed by atoms with Crippen LogP contribution in [0.4, 0.5) is 4.79 Å². The number of hydrogen-bond donors (Lipinski definition) is 2. The summed E-state index contributed by atoms with van der Waals surface area (Å²) in [5, 5.41) is 11.7. The SMILES string of the molecule is CN(C(=O)NCc1cc(C(=O)O)ccn1)C1CCCCC1. The minimum Gasteiger partial charge on any atom is -0.478 e. The van der Waals surface area contributed by atoms with Crippen LogP contribution in [-0.4, -0.2) is 40.1 Å². The van der Waals surface area contributed by atoms with Crippen molar-refractivity contribution in [1.29, 1.82) is 0 Å². The Morgan fingerprint density at radius 3 is 2.76 bits per heavy atom. The Morgan fingerprint density at radius 2 is 2.10 bits per heavy atom. The Labute approximate surface area is 124 Å². The number of carboxylic acids is 1. The number of hydrogen-bond acceptors (Lipinski definition) is 3. The van der Waals surface area contributed by atoms with E-state index in [0.29, 0.717) is 11.7 Å². The number of nitrogens with zero attached hydrogens (tertiary/aromatic N) is 2. The molecule has 0 saturated heterocycles. The van der Waals surface area contributed by atoms with Gasteiger partial charge in [-0.05, 0) is 25.0 Å². The number of carboxylic acid groups (broad SMARTS) is 1. The lowest BCUT2D eigenvalue weighted by Crippen LogP contribution is -2.44. The Morgan fingerprint density at radius 1 is 1.38 bits per heavy atom. The molecule has 2 rings (SSSR count). The molecule has 1 saturated carbocycles. The van der Waals surface area contributed by atoms with E-state index in [0.717, 1.165) is 12.8 Å². The molecule has 0 unspecified atom stereocenters. The maximum Gasteiger partial charge on any atom is 0.335 e.